The third kappa shape index (κ3) is 10.1. The van der Waals surface area contributed by atoms with Gasteiger partial charge in [0.05, 0.1) is 17.5 Å². The molecule has 1 heterocycles. The Bertz CT molecular complexity index is 685. The van der Waals surface area contributed by atoms with Gasteiger partial charge in [0.15, 0.2) is 5.96 Å². The molecule has 0 fully saturated rings. The molecule has 156 valence electrons. The highest BCUT2D eigenvalue weighted by molar-refractivity contribution is 14.0. The number of halogens is 2. The number of aliphatic hydroxyl groups excluding tert-OH is 1. The van der Waals surface area contributed by atoms with Gasteiger partial charge in [-0.1, -0.05) is 41.9 Å². The van der Waals surface area contributed by atoms with E-state index in [0.717, 1.165) is 37.4 Å². The minimum absolute atomic E-state index is 0. The van der Waals surface area contributed by atoms with Crippen LogP contribution in [0.3, 0.4) is 0 Å². The van der Waals surface area contributed by atoms with Gasteiger partial charge in [-0.2, -0.15) is 0 Å². The first kappa shape index (κ1) is 25.2. The van der Waals surface area contributed by atoms with Crippen LogP contribution in [-0.2, 0) is 11.3 Å². The smallest absolute Gasteiger partial charge is 0.191 e. The van der Waals surface area contributed by atoms with Crippen molar-refractivity contribution >= 4 is 52.9 Å². The van der Waals surface area contributed by atoms with E-state index < -0.39 is 6.10 Å². The number of hydrogen-bond acceptors (Lipinski definition) is 4. The summed E-state index contributed by atoms with van der Waals surface area (Å²) in [5.41, 5.74) is 1.20. The third-order valence-electron chi connectivity index (χ3n) is 3.81. The molecule has 0 aliphatic heterocycles. The topological polar surface area (TPSA) is 65.9 Å². The fourth-order valence-electron chi connectivity index (χ4n) is 2.42. The lowest BCUT2D eigenvalue weighted by Gasteiger charge is -2.12. The molecule has 0 aliphatic rings. The van der Waals surface area contributed by atoms with E-state index in [2.05, 4.69) is 27.8 Å². The van der Waals surface area contributed by atoms with Crippen LogP contribution in [0.2, 0.25) is 4.34 Å². The molecule has 0 spiro atoms. The van der Waals surface area contributed by atoms with Gasteiger partial charge in [-0.3, -0.25) is 4.99 Å². The minimum Gasteiger partial charge on any atom is -0.386 e. The van der Waals surface area contributed by atoms with E-state index in [-0.39, 0.29) is 24.0 Å². The Morgan fingerprint density at radius 3 is 2.64 bits per heavy atom. The second kappa shape index (κ2) is 15.0. The molecule has 1 atom stereocenters. The summed E-state index contributed by atoms with van der Waals surface area (Å²) < 4.78 is 6.36. The molecule has 28 heavy (non-hydrogen) atoms. The largest absolute Gasteiger partial charge is 0.386 e. The summed E-state index contributed by atoms with van der Waals surface area (Å²) in [6.07, 6.45) is 1.34. The molecule has 0 aliphatic carbocycles. The van der Waals surface area contributed by atoms with E-state index in [1.807, 2.05) is 31.2 Å². The summed E-state index contributed by atoms with van der Waals surface area (Å²) in [6.45, 7) is 5.29. The number of hydrogen-bond donors (Lipinski definition) is 3. The Morgan fingerprint density at radius 2 is 1.96 bits per heavy atom. The molecule has 1 aromatic carbocycles. The number of thiophene rings is 1. The molecule has 2 rings (SSSR count). The standard InChI is InChI=1S/C20H28ClN3O2S.HI/c1-2-22-20(24-14-17(25)18-10-11-19(21)27-18)23-12-6-7-13-26-15-16-8-4-3-5-9-16;/h3-5,8-11,17,25H,2,6-7,12-15H2,1H3,(H2,22,23,24);1H. The maximum atomic E-state index is 10.2. The van der Waals surface area contributed by atoms with Gasteiger partial charge in [0.1, 0.15) is 6.10 Å². The average molecular weight is 538 g/mol. The second-order valence-corrected chi connectivity index (χ2v) is 7.80. The fraction of sp³-hybridized carbons (Fsp3) is 0.450. The number of benzene rings is 1. The van der Waals surface area contributed by atoms with Crippen molar-refractivity contribution in [2.24, 2.45) is 4.99 Å². The molecule has 0 radical (unpaired) electrons. The minimum atomic E-state index is -0.635. The van der Waals surface area contributed by atoms with E-state index in [4.69, 9.17) is 16.3 Å². The Morgan fingerprint density at radius 1 is 1.18 bits per heavy atom. The van der Waals surface area contributed by atoms with Crippen LogP contribution in [0.4, 0.5) is 0 Å². The number of unbranched alkanes of at least 4 members (excludes halogenated alkanes) is 1. The first-order chi connectivity index (χ1) is 13.2. The van der Waals surface area contributed by atoms with Crippen LogP contribution in [0, 0.1) is 0 Å². The molecule has 1 aromatic heterocycles. The zero-order valence-corrected chi connectivity index (χ0v) is 20.0. The highest BCUT2D eigenvalue weighted by Crippen LogP contribution is 2.26. The first-order valence-corrected chi connectivity index (χ1v) is 10.5. The van der Waals surface area contributed by atoms with Crippen molar-refractivity contribution in [2.75, 3.05) is 26.2 Å². The van der Waals surface area contributed by atoms with Gasteiger partial charge >= 0.3 is 0 Å². The molecule has 8 heteroatoms. The van der Waals surface area contributed by atoms with Crippen LogP contribution >= 0.6 is 46.9 Å². The van der Waals surface area contributed by atoms with E-state index in [9.17, 15) is 5.11 Å². The van der Waals surface area contributed by atoms with Gasteiger partial charge < -0.3 is 20.5 Å². The SMILES string of the molecule is CCNC(=NCC(O)c1ccc(Cl)s1)NCCCCOCc1ccccc1.I. The Balaban J connectivity index is 0.00000392. The molecule has 0 bridgehead atoms. The van der Waals surface area contributed by atoms with Crippen LogP contribution in [0.5, 0.6) is 0 Å². The lowest BCUT2D eigenvalue weighted by atomic mass is 10.2. The van der Waals surface area contributed by atoms with Crippen molar-refractivity contribution < 1.29 is 9.84 Å². The summed E-state index contributed by atoms with van der Waals surface area (Å²) >= 11 is 7.29. The number of ether oxygens (including phenoxy) is 1. The van der Waals surface area contributed by atoms with Crippen molar-refractivity contribution in [2.45, 2.75) is 32.5 Å². The third-order valence-corrected chi connectivity index (χ3v) is 5.14. The summed E-state index contributed by atoms with van der Waals surface area (Å²) in [4.78, 5) is 5.28. The van der Waals surface area contributed by atoms with Crippen LogP contribution in [0.25, 0.3) is 0 Å². The quantitative estimate of drug-likeness (QED) is 0.170. The van der Waals surface area contributed by atoms with Crippen molar-refractivity contribution in [3.8, 4) is 0 Å². The van der Waals surface area contributed by atoms with E-state index in [1.54, 1.807) is 6.07 Å². The van der Waals surface area contributed by atoms with Gasteiger partial charge in [-0.25, -0.2) is 0 Å². The molecule has 2 aromatic rings. The molecule has 1 unspecified atom stereocenters. The van der Waals surface area contributed by atoms with Crippen LogP contribution < -0.4 is 10.6 Å². The maximum absolute atomic E-state index is 10.2. The molecular formula is C20H29ClIN3O2S. The lowest BCUT2D eigenvalue weighted by Crippen LogP contribution is -2.38. The predicted molar refractivity (Wildman–Crippen MR) is 129 cm³/mol. The molecule has 3 N–H and O–H groups in total. The maximum Gasteiger partial charge on any atom is 0.191 e. The van der Waals surface area contributed by atoms with E-state index in [0.29, 0.717) is 23.4 Å². The molecule has 0 saturated carbocycles. The predicted octanol–water partition coefficient (Wildman–Crippen LogP) is 4.61. The molecule has 0 saturated heterocycles. The monoisotopic (exact) mass is 537 g/mol. The van der Waals surface area contributed by atoms with Crippen molar-refractivity contribution in [1.29, 1.82) is 0 Å². The fourth-order valence-corrected chi connectivity index (χ4v) is 3.46. The highest BCUT2D eigenvalue weighted by Gasteiger charge is 2.10. The summed E-state index contributed by atoms with van der Waals surface area (Å²) in [6, 6.07) is 13.8. The molecule has 0 amide bonds. The molecule has 5 nitrogen and oxygen atoms in total. The number of nitrogens with zero attached hydrogens (tertiary/aromatic N) is 1. The zero-order chi connectivity index (χ0) is 19.3. The number of guanidine groups is 1. The van der Waals surface area contributed by atoms with E-state index >= 15 is 0 Å². The number of nitrogens with one attached hydrogen (secondary N) is 2. The Labute approximate surface area is 193 Å². The van der Waals surface area contributed by atoms with Gasteiger partial charge in [-0.05, 0) is 37.5 Å². The van der Waals surface area contributed by atoms with Crippen LogP contribution in [-0.4, -0.2) is 37.3 Å². The number of aliphatic imine (C=N–C) groups is 1. The van der Waals surface area contributed by atoms with Gasteiger partial charge in [0, 0.05) is 24.6 Å². The highest BCUT2D eigenvalue weighted by atomic mass is 127. The number of rotatable bonds is 11. The average Bonchev–Trinajstić information content (AvgIpc) is 3.12. The van der Waals surface area contributed by atoms with E-state index in [1.165, 1.54) is 16.9 Å². The Kier molecular flexibility index (Phi) is 13.5. The molecular weight excluding hydrogens is 509 g/mol. The van der Waals surface area contributed by atoms with Gasteiger partial charge in [0.25, 0.3) is 0 Å². The van der Waals surface area contributed by atoms with Gasteiger partial charge in [-0.15, -0.1) is 35.3 Å². The van der Waals surface area contributed by atoms with Crippen molar-refractivity contribution in [1.82, 2.24) is 10.6 Å². The lowest BCUT2D eigenvalue weighted by molar-refractivity contribution is 0.117. The van der Waals surface area contributed by atoms with Crippen LogP contribution in [0.1, 0.15) is 36.3 Å². The van der Waals surface area contributed by atoms with Crippen molar-refractivity contribution in [3.63, 3.8) is 0 Å². The normalized spacial score (nSPS) is 12.3. The number of aliphatic hydroxyl groups is 1. The van der Waals surface area contributed by atoms with Crippen LogP contribution in [0.15, 0.2) is 47.5 Å². The van der Waals surface area contributed by atoms with Gasteiger partial charge in [0.2, 0.25) is 0 Å². The summed E-state index contributed by atoms with van der Waals surface area (Å²) in [5.74, 6) is 0.712. The summed E-state index contributed by atoms with van der Waals surface area (Å²) in [5, 5.41) is 16.7. The first-order valence-electron chi connectivity index (χ1n) is 9.26. The zero-order valence-electron chi connectivity index (χ0n) is 16.1. The second-order valence-electron chi connectivity index (χ2n) is 6.05. The summed E-state index contributed by atoms with van der Waals surface area (Å²) in [7, 11) is 0. The van der Waals surface area contributed by atoms with Crippen molar-refractivity contribution in [3.05, 3.63) is 57.2 Å². The Hall–Kier alpha value is -0.870.